The molecule has 80 valence electrons. The quantitative estimate of drug-likeness (QED) is 0.704. The molecule has 0 aromatic carbocycles. The van der Waals surface area contributed by atoms with Gasteiger partial charge in [-0.1, -0.05) is 13.8 Å². The molecule has 2 N–H and O–H groups in total. The van der Waals surface area contributed by atoms with Crippen molar-refractivity contribution in [2.75, 3.05) is 25.9 Å². The van der Waals surface area contributed by atoms with E-state index in [9.17, 15) is 8.42 Å². The Bertz CT molecular complexity index is 247. The van der Waals surface area contributed by atoms with Crippen molar-refractivity contribution >= 4 is 10.0 Å². The van der Waals surface area contributed by atoms with Gasteiger partial charge in [0.15, 0.2) is 0 Å². The van der Waals surface area contributed by atoms with Crippen molar-refractivity contribution in [1.82, 2.24) is 4.31 Å². The molecule has 0 aliphatic heterocycles. The van der Waals surface area contributed by atoms with E-state index in [2.05, 4.69) is 0 Å². The van der Waals surface area contributed by atoms with Gasteiger partial charge in [0.2, 0.25) is 10.0 Å². The van der Waals surface area contributed by atoms with Crippen molar-refractivity contribution in [1.29, 1.82) is 0 Å². The lowest BCUT2D eigenvalue weighted by Gasteiger charge is -2.28. The highest BCUT2D eigenvalue weighted by Gasteiger charge is 2.24. The Labute approximate surface area is 81.2 Å². The average molecular weight is 208 g/mol. The number of nitrogens with two attached hydrogens (primary N) is 1. The van der Waals surface area contributed by atoms with Crippen molar-refractivity contribution in [2.24, 2.45) is 11.1 Å². The molecular weight excluding hydrogens is 188 g/mol. The molecule has 0 fully saturated rings. The molecule has 0 heterocycles. The Balaban J connectivity index is 4.40. The van der Waals surface area contributed by atoms with E-state index in [1.165, 1.54) is 4.31 Å². The monoisotopic (exact) mass is 208 g/mol. The van der Waals surface area contributed by atoms with Crippen LogP contribution in [0.2, 0.25) is 0 Å². The molecule has 13 heavy (non-hydrogen) atoms. The van der Waals surface area contributed by atoms with E-state index < -0.39 is 10.0 Å². The third-order valence-corrected chi connectivity index (χ3v) is 3.85. The first-order chi connectivity index (χ1) is 5.75. The maximum Gasteiger partial charge on any atom is 0.213 e. The Morgan fingerprint density at radius 2 is 1.85 bits per heavy atom. The second-order valence-corrected chi connectivity index (χ2v) is 6.39. The molecule has 0 saturated carbocycles. The number of rotatable bonds is 5. The Morgan fingerprint density at radius 3 is 2.15 bits per heavy atom. The normalized spacial score (nSPS) is 13.7. The largest absolute Gasteiger partial charge is 0.330 e. The first-order valence-electron chi connectivity index (χ1n) is 4.39. The summed E-state index contributed by atoms with van der Waals surface area (Å²) in [6.45, 7) is 6.50. The van der Waals surface area contributed by atoms with Crippen LogP contribution in [0.3, 0.4) is 0 Å². The topological polar surface area (TPSA) is 63.4 Å². The van der Waals surface area contributed by atoms with Gasteiger partial charge >= 0.3 is 0 Å². The molecule has 0 amide bonds. The Kier molecular flexibility index (Phi) is 4.35. The summed E-state index contributed by atoms with van der Waals surface area (Å²) in [4.78, 5) is 0. The molecule has 0 unspecified atom stereocenters. The van der Waals surface area contributed by atoms with E-state index in [0.717, 1.165) is 0 Å². The molecular formula is C8H20N2O2S. The van der Waals surface area contributed by atoms with Crippen LogP contribution >= 0.6 is 0 Å². The van der Waals surface area contributed by atoms with Gasteiger partial charge in [0.05, 0.1) is 5.75 Å². The first kappa shape index (κ1) is 12.9. The van der Waals surface area contributed by atoms with Crippen molar-refractivity contribution < 1.29 is 8.42 Å². The Hall–Kier alpha value is -0.130. The molecule has 0 spiro atoms. The van der Waals surface area contributed by atoms with Gasteiger partial charge in [-0.15, -0.1) is 0 Å². The van der Waals surface area contributed by atoms with Crippen LogP contribution < -0.4 is 5.73 Å². The molecule has 0 atom stereocenters. The molecule has 0 bridgehead atoms. The summed E-state index contributed by atoms with van der Waals surface area (Å²) in [5.74, 6) is 0.143. The fourth-order valence-electron chi connectivity index (χ4n) is 0.986. The number of nitrogens with zero attached hydrogens (tertiary/aromatic N) is 1. The van der Waals surface area contributed by atoms with Crippen LogP contribution in [0, 0.1) is 5.41 Å². The second-order valence-electron chi connectivity index (χ2n) is 4.02. The van der Waals surface area contributed by atoms with Crippen LogP contribution in [0.15, 0.2) is 0 Å². The zero-order chi connectivity index (χ0) is 10.7. The standard InChI is InChI=1S/C8H20N2O2S/c1-5-13(11,12)10(4)7-8(2,3)6-9/h5-7,9H2,1-4H3. The van der Waals surface area contributed by atoms with Gasteiger partial charge in [-0.05, 0) is 18.9 Å². The maximum atomic E-state index is 11.4. The lowest BCUT2D eigenvalue weighted by atomic mass is 9.94. The Morgan fingerprint density at radius 1 is 1.38 bits per heavy atom. The summed E-state index contributed by atoms with van der Waals surface area (Å²) in [6.07, 6.45) is 0. The summed E-state index contributed by atoms with van der Waals surface area (Å²) in [5, 5.41) is 0. The van der Waals surface area contributed by atoms with Gasteiger partial charge in [0, 0.05) is 13.6 Å². The van der Waals surface area contributed by atoms with Crippen LogP contribution in [-0.2, 0) is 10.0 Å². The molecule has 5 heteroatoms. The third-order valence-electron chi connectivity index (χ3n) is 2.04. The molecule has 4 nitrogen and oxygen atoms in total. The molecule has 0 rings (SSSR count). The van der Waals surface area contributed by atoms with Crippen molar-refractivity contribution in [3.05, 3.63) is 0 Å². The maximum absolute atomic E-state index is 11.4. The van der Waals surface area contributed by atoms with Gasteiger partial charge in [-0.25, -0.2) is 12.7 Å². The first-order valence-corrected chi connectivity index (χ1v) is 6.00. The van der Waals surface area contributed by atoms with E-state index in [1.54, 1.807) is 14.0 Å². The predicted octanol–water partition coefficient (Wildman–Crippen LogP) is 0.253. The minimum Gasteiger partial charge on any atom is -0.330 e. The number of hydrogen-bond donors (Lipinski definition) is 1. The lowest BCUT2D eigenvalue weighted by Crippen LogP contribution is -2.40. The molecule has 0 saturated heterocycles. The number of sulfonamides is 1. The molecule has 0 radical (unpaired) electrons. The second kappa shape index (κ2) is 4.39. The smallest absolute Gasteiger partial charge is 0.213 e. The average Bonchev–Trinajstić information content (AvgIpc) is 2.04. The van der Waals surface area contributed by atoms with Crippen LogP contribution in [0.1, 0.15) is 20.8 Å². The van der Waals surface area contributed by atoms with E-state index in [0.29, 0.717) is 13.1 Å². The minimum atomic E-state index is -3.06. The van der Waals surface area contributed by atoms with Gasteiger partial charge in [-0.2, -0.15) is 0 Å². The minimum absolute atomic E-state index is 0.143. The number of hydrogen-bond acceptors (Lipinski definition) is 3. The van der Waals surface area contributed by atoms with Crippen molar-refractivity contribution in [3.8, 4) is 0 Å². The summed E-state index contributed by atoms with van der Waals surface area (Å²) in [5.41, 5.74) is 5.36. The van der Waals surface area contributed by atoms with E-state index in [1.807, 2.05) is 13.8 Å². The van der Waals surface area contributed by atoms with Gasteiger partial charge in [0.25, 0.3) is 0 Å². The highest BCUT2D eigenvalue weighted by Crippen LogP contribution is 2.15. The third kappa shape index (κ3) is 4.06. The highest BCUT2D eigenvalue weighted by molar-refractivity contribution is 7.89. The fraction of sp³-hybridized carbons (Fsp3) is 1.00. The highest BCUT2D eigenvalue weighted by atomic mass is 32.2. The van der Waals surface area contributed by atoms with E-state index in [-0.39, 0.29) is 11.2 Å². The van der Waals surface area contributed by atoms with Crippen LogP contribution in [0.25, 0.3) is 0 Å². The van der Waals surface area contributed by atoms with Gasteiger partial charge in [0.1, 0.15) is 0 Å². The zero-order valence-electron chi connectivity index (χ0n) is 8.87. The van der Waals surface area contributed by atoms with Crippen molar-refractivity contribution in [2.45, 2.75) is 20.8 Å². The van der Waals surface area contributed by atoms with Gasteiger partial charge in [-0.3, -0.25) is 0 Å². The van der Waals surface area contributed by atoms with Crippen LogP contribution in [0.4, 0.5) is 0 Å². The fourth-order valence-corrected chi connectivity index (χ4v) is 1.97. The summed E-state index contributed by atoms with van der Waals surface area (Å²) >= 11 is 0. The van der Waals surface area contributed by atoms with E-state index >= 15 is 0 Å². The van der Waals surface area contributed by atoms with Crippen LogP contribution in [-0.4, -0.2) is 38.6 Å². The van der Waals surface area contributed by atoms with Crippen LogP contribution in [0.5, 0.6) is 0 Å². The van der Waals surface area contributed by atoms with E-state index in [4.69, 9.17) is 5.73 Å². The lowest BCUT2D eigenvalue weighted by molar-refractivity contribution is 0.292. The molecule has 0 aliphatic rings. The molecule has 0 aromatic heterocycles. The summed E-state index contributed by atoms with van der Waals surface area (Å²) in [7, 11) is -1.47. The zero-order valence-corrected chi connectivity index (χ0v) is 9.69. The van der Waals surface area contributed by atoms with Crippen molar-refractivity contribution in [3.63, 3.8) is 0 Å². The summed E-state index contributed by atoms with van der Waals surface area (Å²) < 4.78 is 24.1. The molecule has 0 aliphatic carbocycles. The SMILES string of the molecule is CCS(=O)(=O)N(C)CC(C)(C)CN. The summed E-state index contributed by atoms with van der Waals surface area (Å²) in [6, 6.07) is 0. The molecule has 0 aromatic rings. The predicted molar refractivity (Wildman–Crippen MR) is 54.9 cm³/mol. The van der Waals surface area contributed by atoms with Gasteiger partial charge < -0.3 is 5.73 Å².